The van der Waals surface area contributed by atoms with Crippen LogP contribution in [0.3, 0.4) is 0 Å². The van der Waals surface area contributed by atoms with Gasteiger partial charge in [0.05, 0.1) is 5.56 Å². The number of nitrogen functional groups attached to an aromatic ring is 1. The summed E-state index contributed by atoms with van der Waals surface area (Å²) in [7, 11) is 0. The molecular weight excluding hydrogens is 296 g/mol. The third kappa shape index (κ3) is 3.27. The van der Waals surface area contributed by atoms with E-state index in [0.717, 1.165) is 11.3 Å². The van der Waals surface area contributed by atoms with Gasteiger partial charge in [-0.05, 0) is 19.1 Å². The van der Waals surface area contributed by atoms with Gasteiger partial charge in [-0.3, -0.25) is 4.79 Å². The van der Waals surface area contributed by atoms with Crippen LogP contribution in [-0.2, 0) is 0 Å². The van der Waals surface area contributed by atoms with Crippen LogP contribution in [0.5, 0.6) is 0 Å². The van der Waals surface area contributed by atoms with E-state index in [1.54, 1.807) is 6.08 Å². The third-order valence-corrected chi connectivity index (χ3v) is 3.93. The first-order valence-electron chi connectivity index (χ1n) is 6.62. The molecule has 1 aromatic heterocycles. The summed E-state index contributed by atoms with van der Waals surface area (Å²) in [5, 5.41) is 16.0. The van der Waals surface area contributed by atoms with Crippen LogP contribution in [-0.4, -0.2) is 12.5 Å². The topological polar surface area (TPSA) is 90.9 Å². The fraction of sp³-hybridized carbons (Fsp3) is 0.125. The average molecular weight is 312 g/mol. The fourth-order valence-corrected chi connectivity index (χ4v) is 2.83. The lowest BCUT2D eigenvalue weighted by Gasteiger charge is -2.05. The Kier molecular flexibility index (Phi) is 4.81. The molecule has 6 heteroatoms. The van der Waals surface area contributed by atoms with E-state index < -0.39 is 0 Å². The first-order valence-corrected chi connectivity index (χ1v) is 7.43. The Morgan fingerprint density at radius 3 is 2.73 bits per heavy atom. The second kappa shape index (κ2) is 6.78. The van der Waals surface area contributed by atoms with E-state index in [-0.39, 0.29) is 17.0 Å². The molecule has 0 saturated heterocycles. The molecule has 4 N–H and O–H groups in total. The van der Waals surface area contributed by atoms with E-state index >= 15 is 0 Å². The molecule has 2 rings (SSSR count). The average Bonchev–Trinajstić information content (AvgIpc) is 2.82. The number of aryl methyl sites for hydroxylation is 1. The lowest BCUT2D eigenvalue weighted by atomic mass is 10.1. The van der Waals surface area contributed by atoms with Gasteiger partial charge in [-0.1, -0.05) is 35.1 Å². The number of thiophene rings is 1. The minimum absolute atomic E-state index is 0.212. The number of amides is 1. The van der Waals surface area contributed by atoms with Gasteiger partial charge in [0, 0.05) is 12.2 Å². The molecule has 0 atom stereocenters. The summed E-state index contributed by atoms with van der Waals surface area (Å²) in [5.41, 5.74) is 8.35. The van der Waals surface area contributed by atoms with Crippen molar-refractivity contribution < 1.29 is 4.79 Å². The van der Waals surface area contributed by atoms with Gasteiger partial charge in [-0.25, -0.2) is 0 Å². The van der Waals surface area contributed by atoms with Gasteiger partial charge in [-0.2, -0.15) is 5.26 Å². The van der Waals surface area contributed by atoms with E-state index in [1.165, 1.54) is 11.3 Å². The van der Waals surface area contributed by atoms with Crippen LogP contribution in [0, 0.1) is 18.3 Å². The zero-order chi connectivity index (χ0) is 16.1. The second-order valence-corrected chi connectivity index (χ2v) is 5.70. The van der Waals surface area contributed by atoms with Crippen molar-refractivity contribution in [1.29, 1.82) is 5.26 Å². The molecular formula is C16H16N4OS. The minimum Gasteiger partial charge on any atom is -0.390 e. The Morgan fingerprint density at radius 2 is 2.14 bits per heavy atom. The lowest BCUT2D eigenvalue weighted by molar-refractivity contribution is 0.0959. The summed E-state index contributed by atoms with van der Waals surface area (Å²) < 4.78 is 0. The van der Waals surface area contributed by atoms with E-state index in [2.05, 4.69) is 23.3 Å². The molecule has 0 fully saturated rings. The monoisotopic (exact) mass is 312 g/mol. The number of nitrogens with two attached hydrogens (primary N) is 1. The number of nitrogens with zero attached hydrogens (tertiary/aromatic N) is 1. The van der Waals surface area contributed by atoms with Crippen LogP contribution in [0.25, 0.3) is 0 Å². The summed E-state index contributed by atoms with van der Waals surface area (Å²) in [4.78, 5) is 12.1. The summed E-state index contributed by atoms with van der Waals surface area (Å²) in [6, 6.07) is 9.79. The van der Waals surface area contributed by atoms with Crippen LogP contribution in [0.15, 0.2) is 36.9 Å². The van der Waals surface area contributed by atoms with E-state index in [1.807, 2.05) is 31.2 Å². The highest BCUT2D eigenvalue weighted by molar-refractivity contribution is 7.20. The predicted molar refractivity (Wildman–Crippen MR) is 90.4 cm³/mol. The number of hydrogen-bond acceptors (Lipinski definition) is 5. The molecule has 1 heterocycles. The van der Waals surface area contributed by atoms with Gasteiger partial charge in [0.25, 0.3) is 5.91 Å². The molecule has 0 aliphatic rings. The molecule has 5 nitrogen and oxygen atoms in total. The quantitative estimate of drug-likeness (QED) is 0.740. The van der Waals surface area contributed by atoms with Crippen LogP contribution in [0.4, 0.5) is 15.7 Å². The molecule has 2 aromatic rings. The van der Waals surface area contributed by atoms with E-state index in [4.69, 9.17) is 5.73 Å². The minimum atomic E-state index is -0.373. The van der Waals surface area contributed by atoms with Gasteiger partial charge >= 0.3 is 0 Å². The Hall–Kier alpha value is -2.78. The number of carbonyl (C=O) groups excluding carboxylic acids is 1. The maximum atomic E-state index is 12.1. The normalized spacial score (nSPS) is 9.82. The molecule has 0 spiro atoms. The van der Waals surface area contributed by atoms with Crippen LogP contribution >= 0.6 is 11.3 Å². The van der Waals surface area contributed by atoms with Crippen molar-refractivity contribution in [3.63, 3.8) is 0 Å². The molecule has 22 heavy (non-hydrogen) atoms. The second-order valence-electron chi connectivity index (χ2n) is 4.65. The molecule has 1 amide bonds. The number of carbonyl (C=O) groups is 1. The highest BCUT2D eigenvalue weighted by atomic mass is 32.1. The molecule has 0 bridgehead atoms. The van der Waals surface area contributed by atoms with Gasteiger partial charge in [0.2, 0.25) is 0 Å². The number of hydrogen-bond donors (Lipinski definition) is 3. The maximum Gasteiger partial charge on any atom is 0.255 e. The fourth-order valence-electron chi connectivity index (χ4n) is 1.89. The third-order valence-electron chi connectivity index (χ3n) is 2.99. The standard InChI is InChI=1S/C16H16N4OS/c1-3-8-19-15(21)13-12(9-17)16(22-14(13)18)20-11-6-4-10(2)5-7-11/h3-7,20H,1,8,18H2,2H3,(H,19,21). The zero-order valence-corrected chi connectivity index (χ0v) is 13.0. The molecule has 0 saturated carbocycles. The number of nitrogens with one attached hydrogen (secondary N) is 2. The lowest BCUT2D eigenvalue weighted by Crippen LogP contribution is -2.24. The Morgan fingerprint density at radius 1 is 1.45 bits per heavy atom. The van der Waals surface area contributed by atoms with E-state index in [0.29, 0.717) is 16.5 Å². The molecule has 0 unspecified atom stereocenters. The Balaban J connectivity index is 2.33. The van der Waals surface area contributed by atoms with Crippen LogP contribution in [0.2, 0.25) is 0 Å². The summed E-state index contributed by atoms with van der Waals surface area (Å²) >= 11 is 1.18. The van der Waals surface area contributed by atoms with Crippen molar-refractivity contribution in [3.8, 4) is 6.07 Å². The zero-order valence-electron chi connectivity index (χ0n) is 12.1. The van der Waals surface area contributed by atoms with Crippen molar-refractivity contribution in [2.45, 2.75) is 6.92 Å². The highest BCUT2D eigenvalue weighted by Gasteiger charge is 2.22. The predicted octanol–water partition coefficient (Wildman–Crippen LogP) is 3.17. The maximum absolute atomic E-state index is 12.1. The number of benzene rings is 1. The van der Waals surface area contributed by atoms with Gasteiger partial charge in [0.1, 0.15) is 21.6 Å². The number of nitriles is 1. The van der Waals surface area contributed by atoms with Gasteiger partial charge < -0.3 is 16.4 Å². The Labute approximate surface area is 133 Å². The summed E-state index contributed by atoms with van der Waals surface area (Å²) in [6.45, 7) is 5.85. The van der Waals surface area contributed by atoms with Crippen molar-refractivity contribution in [1.82, 2.24) is 5.32 Å². The molecule has 1 aromatic carbocycles. The van der Waals surface area contributed by atoms with E-state index in [9.17, 15) is 10.1 Å². The van der Waals surface area contributed by atoms with Gasteiger partial charge in [-0.15, -0.1) is 6.58 Å². The smallest absolute Gasteiger partial charge is 0.255 e. The first-order chi connectivity index (χ1) is 10.6. The summed E-state index contributed by atoms with van der Waals surface area (Å²) in [5.74, 6) is -0.373. The number of rotatable bonds is 5. The van der Waals surface area contributed by atoms with Crippen molar-refractivity contribution in [2.75, 3.05) is 17.6 Å². The first kappa shape index (κ1) is 15.6. The molecule has 0 aliphatic heterocycles. The van der Waals surface area contributed by atoms with Crippen molar-refractivity contribution >= 4 is 32.9 Å². The number of anilines is 3. The SMILES string of the molecule is C=CCNC(=O)c1c(N)sc(Nc2ccc(C)cc2)c1C#N. The molecule has 112 valence electrons. The van der Waals surface area contributed by atoms with Crippen molar-refractivity contribution in [3.05, 3.63) is 53.6 Å². The van der Waals surface area contributed by atoms with Gasteiger partial charge in [0.15, 0.2) is 0 Å². The van der Waals surface area contributed by atoms with Crippen molar-refractivity contribution in [2.24, 2.45) is 0 Å². The van der Waals surface area contributed by atoms with Crippen LogP contribution in [0.1, 0.15) is 21.5 Å². The summed E-state index contributed by atoms with van der Waals surface area (Å²) in [6.07, 6.45) is 1.57. The molecule has 0 aliphatic carbocycles. The highest BCUT2D eigenvalue weighted by Crippen LogP contribution is 2.36. The molecule has 0 radical (unpaired) electrons. The Bertz CT molecular complexity index is 741. The largest absolute Gasteiger partial charge is 0.390 e. The van der Waals surface area contributed by atoms with Crippen LogP contribution < -0.4 is 16.4 Å².